The maximum Gasteiger partial charge on any atom is 0.324 e. The van der Waals surface area contributed by atoms with Gasteiger partial charge >= 0.3 is 5.97 Å². The summed E-state index contributed by atoms with van der Waals surface area (Å²) in [6.45, 7) is -0.0344. The molecule has 0 aliphatic carbocycles. The zero-order valence-electron chi connectivity index (χ0n) is 11.4. The van der Waals surface area contributed by atoms with Crippen molar-refractivity contribution in [2.45, 2.75) is 12.5 Å². The first-order valence-electron chi connectivity index (χ1n) is 6.39. The molecule has 0 aliphatic heterocycles. The quantitative estimate of drug-likeness (QED) is 0.860. The van der Waals surface area contributed by atoms with Gasteiger partial charge in [-0.1, -0.05) is 42.5 Å². The summed E-state index contributed by atoms with van der Waals surface area (Å²) in [6.07, 6.45) is 0.857. The van der Waals surface area contributed by atoms with Gasteiger partial charge in [0, 0.05) is 0 Å². The van der Waals surface area contributed by atoms with E-state index in [4.69, 9.17) is 15.6 Å². The fourth-order valence-corrected chi connectivity index (χ4v) is 1.79. The Bertz CT molecular complexity index is 557. The Balaban J connectivity index is 0.00000220. The third kappa shape index (κ3) is 5.45. The molecule has 5 heteroatoms. The van der Waals surface area contributed by atoms with Gasteiger partial charge in [-0.05, 0) is 29.7 Å². The molecule has 2 aromatic carbocycles. The molecule has 0 saturated carbocycles. The summed E-state index contributed by atoms with van der Waals surface area (Å²) >= 11 is 0. The molecule has 2 rings (SSSR count). The van der Waals surface area contributed by atoms with Crippen LogP contribution in [0.1, 0.15) is 11.1 Å². The van der Waals surface area contributed by atoms with Crippen LogP contribution < -0.4 is 10.5 Å². The minimum absolute atomic E-state index is 0. The fourth-order valence-electron chi connectivity index (χ4n) is 1.79. The Kier molecular flexibility index (Phi) is 6.72. The normalized spacial score (nSPS) is 11.3. The zero-order valence-corrected chi connectivity index (χ0v) is 12.3. The first-order chi connectivity index (χ1) is 9.65. The fraction of sp³-hybridized carbons (Fsp3) is 0.188. The molecule has 21 heavy (non-hydrogen) atoms. The van der Waals surface area contributed by atoms with Crippen LogP contribution in [0.3, 0.4) is 0 Å². The van der Waals surface area contributed by atoms with E-state index in [0.29, 0.717) is 5.75 Å². The molecule has 0 saturated heterocycles. The molecule has 112 valence electrons. The average Bonchev–Trinajstić information content (AvgIpc) is 2.47. The number of rotatable bonds is 6. The Labute approximate surface area is 130 Å². The third-order valence-corrected chi connectivity index (χ3v) is 2.92. The van der Waals surface area contributed by atoms with E-state index in [1.165, 1.54) is 11.1 Å². The molecule has 4 nitrogen and oxygen atoms in total. The number of carboxylic acids is 1. The SMILES string of the molecule is Cl.N[C@@H](COc1ccc(Cc2ccccc2)cc1)C(=O)O. The van der Waals surface area contributed by atoms with Crippen LogP contribution in [0.2, 0.25) is 0 Å². The number of ether oxygens (including phenoxy) is 1. The topological polar surface area (TPSA) is 72.5 Å². The van der Waals surface area contributed by atoms with Crippen LogP contribution in [-0.2, 0) is 11.2 Å². The van der Waals surface area contributed by atoms with Gasteiger partial charge < -0.3 is 15.6 Å². The van der Waals surface area contributed by atoms with Gasteiger partial charge in [-0.15, -0.1) is 12.4 Å². The van der Waals surface area contributed by atoms with Crippen molar-refractivity contribution in [1.82, 2.24) is 0 Å². The van der Waals surface area contributed by atoms with Gasteiger partial charge in [0.05, 0.1) is 0 Å². The summed E-state index contributed by atoms with van der Waals surface area (Å²) in [5.74, 6) is -0.441. The standard InChI is InChI=1S/C16H17NO3.ClH/c17-15(16(18)19)11-20-14-8-6-13(7-9-14)10-12-4-2-1-3-5-12;/h1-9,15H,10-11,17H2,(H,18,19);1H/t15-;/m0./s1. The molecule has 0 aliphatic rings. The van der Waals surface area contributed by atoms with Gasteiger partial charge in [0.2, 0.25) is 0 Å². The van der Waals surface area contributed by atoms with Crippen molar-refractivity contribution in [3.8, 4) is 5.75 Å². The van der Waals surface area contributed by atoms with Crippen LogP contribution >= 0.6 is 12.4 Å². The molecule has 0 bridgehead atoms. The zero-order chi connectivity index (χ0) is 14.4. The molecule has 0 heterocycles. The number of carboxylic acid groups (broad SMARTS) is 1. The molecule has 0 radical (unpaired) electrons. The number of carbonyl (C=O) groups is 1. The number of aliphatic carboxylic acids is 1. The van der Waals surface area contributed by atoms with Gasteiger partial charge in [0.15, 0.2) is 0 Å². The molecular weight excluding hydrogens is 290 g/mol. The smallest absolute Gasteiger partial charge is 0.324 e. The van der Waals surface area contributed by atoms with E-state index >= 15 is 0 Å². The van der Waals surface area contributed by atoms with Crippen LogP contribution in [0.4, 0.5) is 0 Å². The molecule has 0 unspecified atom stereocenters. The molecule has 0 fully saturated rings. The molecule has 0 spiro atoms. The minimum atomic E-state index is -1.06. The van der Waals surface area contributed by atoms with Crippen LogP contribution in [0, 0.1) is 0 Å². The van der Waals surface area contributed by atoms with Crippen LogP contribution in [-0.4, -0.2) is 23.7 Å². The van der Waals surface area contributed by atoms with Crippen LogP contribution in [0.15, 0.2) is 54.6 Å². The first-order valence-corrected chi connectivity index (χ1v) is 6.39. The van der Waals surface area contributed by atoms with E-state index in [2.05, 4.69) is 12.1 Å². The highest BCUT2D eigenvalue weighted by molar-refractivity contribution is 5.85. The molecule has 2 aromatic rings. The highest BCUT2D eigenvalue weighted by Crippen LogP contribution is 2.15. The second-order valence-corrected chi connectivity index (χ2v) is 4.56. The van der Waals surface area contributed by atoms with E-state index in [1.54, 1.807) is 0 Å². The predicted octanol–water partition coefficient (Wildman–Crippen LogP) is 2.49. The largest absolute Gasteiger partial charge is 0.491 e. The highest BCUT2D eigenvalue weighted by atomic mass is 35.5. The van der Waals surface area contributed by atoms with Crippen LogP contribution in [0.5, 0.6) is 5.75 Å². The summed E-state index contributed by atoms with van der Waals surface area (Å²) in [6, 6.07) is 16.8. The molecule has 0 aromatic heterocycles. The van der Waals surface area contributed by atoms with E-state index in [1.807, 2.05) is 42.5 Å². The van der Waals surface area contributed by atoms with Gasteiger partial charge in [-0.3, -0.25) is 4.79 Å². The second kappa shape index (κ2) is 8.29. The van der Waals surface area contributed by atoms with Gasteiger partial charge in [-0.2, -0.15) is 0 Å². The Morgan fingerprint density at radius 3 is 2.19 bits per heavy atom. The van der Waals surface area contributed by atoms with E-state index in [-0.39, 0.29) is 19.0 Å². The summed E-state index contributed by atoms with van der Waals surface area (Å²) < 4.78 is 5.33. The molecular formula is C16H18ClNO3. The summed E-state index contributed by atoms with van der Waals surface area (Å²) in [4.78, 5) is 10.6. The predicted molar refractivity (Wildman–Crippen MR) is 84.0 cm³/mol. The van der Waals surface area contributed by atoms with Gasteiger partial charge in [0.1, 0.15) is 18.4 Å². The van der Waals surface area contributed by atoms with Crippen molar-refractivity contribution in [3.05, 3.63) is 65.7 Å². The van der Waals surface area contributed by atoms with Crippen molar-refractivity contribution in [1.29, 1.82) is 0 Å². The second-order valence-electron chi connectivity index (χ2n) is 4.56. The number of benzene rings is 2. The Morgan fingerprint density at radius 2 is 1.62 bits per heavy atom. The lowest BCUT2D eigenvalue weighted by Gasteiger charge is -2.10. The molecule has 3 N–H and O–H groups in total. The minimum Gasteiger partial charge on any atom is -0.491 e. The Hall–Kier alpha value is -2.04. The lowest BCUT2D eigenvalue weighted by Crippen LogP contribution is -2.36. The molecule has 1 atom stereocenters. The third-order valence-electron chi connectivity index (χ3n) is 2.92. The Morgan fingerprint density at radius 1 is 1.05 bits per heavy atom. The van der Waals surface area contributed by atoms with E-state index in [0.717, 1.165) is 6.42 Å². The van der Waals surface area contributed by atoms with Gasteiger partial charge in [-0.25, -0.2) is 0 Å². The van der Waals surface area contributed by atoms with Crippen LogP contribution in [0.25, 0.3) is 0 Å². The van der Waals surface area contributed by atoms with E-state index < -0.39 is 12.0 Å². The lowest BCUT2D eigenvalue weighted by atomic mass is 10.1. The first kappa shape index (κ1) is 17.0. The molecule has 0 amide bonds. The monoisotopic (exact) mass is 307 g/mol. The maximum absolute atomic E-state index is 10.6. The van der Waals surface area contributed by atoms with Crippen molar-refractivity contribution in [2.24, 2.45) is 5.73 Å². The van der Waals surface area contributed by atoms with Crippen molar-refractivity contribution >= 4 is 18.4 Å². The summed E-state index contributed by atoms with van der Waals surface area (Å²) in [5.41, 5.74) is 7.79. The maximum atomic E-state index is 10.6. The number of hydrogen-bond acceptors (Lipinski definition) is 3. The van der Waals surface area contributed by atoms with Crippen molar-refractivity contribution in [3.63, 3.8) is 0 Å². The number of halogens is 1. The summed E-state index contributed by atoms with van der Waals surface area (Å²) in [7, 11) is 0. The van der Waals surface area contributed by atoms with Crippen molar-refractivity contribution < 1.29 is 14.6 Å². The lowest BCUT2D eigenvalue weighted by molar-refractivity contribution is -0.139. The highest BCUT2D eigenvalue weighted by Gasteiger charge is 2.11. The summed E-state index contributed by atoms with van der Waals surface area (Å²) in [5, 5.41) is 8.66. The van der Waals surface area contributed by atoms with Gasteiger partial charge in [0.25, 0.3) is 0 Å². The van der Waals surface area contributed by atoms with E-state index in [9.17, 15) is 4.79 Å². The van der Waals surface area contributed by atoms with Crippen molar-refractivity contribution in [2.75, 3.05) is 6.61 Å². The number of hydrogen-bond donors (Lipinski definition) is 2. The average molecular weight is 308 g/mol. The number of nitrogens with two attached hydrogens (primary N) is 1.